The zero-order valence-electron chi connectivity index (χ0n) is 16.8. The maximum atomic E-state index is 13.1. The Hall–Kier alpha value is -2.89. The van der Waals surface area contributed by atoms with E-state index in [1.807, 2.05) is 81.7 Å². The van der Waals surface area contributed by atoms with E-state index in [4.69, 9.17) is 9.47 Å². The molecule has 148 valence electrons. The Bertz CT molecular complexity index is 1220. The second-order valence-corrected chi connectivity index (χ2v) is 8.35. The molecule has 4 rings (SSSR count). The van der Waals surface area contributed by atoms with Crippen LogP contribution in [-0.2, 0) is 0 Å². The maximum absolute atomic E-state index is 13.1. The molecule has 0 saturated heterocycles. The van der Waals surface area contributed by atoms with Crippen LogP contribution in [0.1, 0.15) is 5.56 Å². The molecule has 0 spiro atoms. The van der Waals surface area contributed by atoms with Gasteiger partial charge in [-0.15, -0.1) is 11.3 Å². The minimum Gasteiger partial charge on any atom is -0.491 e. The first-order valence-corrected chi connectivity index (χ1v) is 10.3. The SMILES string of the molecule is Cc1cc(OCCN(C)C)c2sc3cc(Oc4ccccc4)ccc3c(=O)c2c1. The van der Waals surface area contributed by atoms with Gasteiger partial charge in [0.2, 0.25) is 0 Å². The van der Waals surface area contributed by atoms with Crippen LogP contribution >= 0.6 is 11.3 Å². The third-order valence-corrected chi connectivity index (χ3v) is 5.81. The fraction of sp³-hybridized carbons (Fsp3) is 0.208. The zero-order chi connectivity index (χ0) is 20.4. The van der Waals surface area contributed by atoms with Crippen LogP contribution in [0, 0.1) is 6.92 Å². The van der Waals surface area contributed by atoms with Crippen molar-refractivity contribution in [2.24, 2.45) is 0 Å². The summed E-state index contributed by atoms with van der Waals surface area (Å²) in [6, 6.07) is 19.2. The van der Waals surface area contributed by atoms with Crippen molar-refractivity contribution in [3.8, 4) is 17.2 Å². The Kier molecular flexibility index (Phi) is 5.51. The lowest BCUT2D eigenvalue weighted by atomic mass is 10.1. The number of aryl methyl sites for hydroxylation is 1. The van der Waals surface area contributed by atoms with Crippen LogP contribution in [-0.4, -0.2) is 32.1 Å². The summed E-state index contributed by atoms with van der Waals surface area (Å²) in [5, 5.41) is 1.41. The molecule has 0 aliphatic carbocycles. The summed E-state index contributed by atoms with van der Waals surface area (Å²) in [7, 11) is 4.02. The number of likely N-dealkylation sites (N-methyl/N-ethyl adjacent to an activating group) is 1. The molecular weight excluding hydrogens is 382 g/mol. The van der Waals surface area contributed by atoms with E-state index in [2.05, 4.69) is 4.90 Å². The van der Waals surface area contributed by atoms with E-state index in [0.29, 0.717) is 23.1 Å². The van der Waals surface area contributed by atoms with Gasteiger partial charge in [-0.3, -0.25) is 4.79 Å². The molecule has 5 heteroatoms. The van der Waals surface area contributed by atoms with Crippen molar-refractivity contribution in [3.05, 3.63) is 76.5 Å². The molecule has 0 radical (unpaired) electrons. The molecule has 0 bridgehead atoms. The van der Waals surface area contributed by atoms with Crippen LogP contribution in [0.15, 0.2) is 65.5 Å². The lowest BCUT2D eigenvalue weighted by molar-refractivity contribution is 0.264. The number of nitrogens with zero attached hydrogens (tertiary/aromatic N) is 1. The highest BCUT2D eigenvalue weighted by Gasteiger charge is 2.13. The molecule has 1 aromatic heterocycles. The normalized spacial score (nSPS) is 11.3. The van der Waals surface area contributed by atoms with E-state index in [0.717, 1.165) is 33.0 Å². The molecule has 0 unspecified atom stereocenters. The third kappa shape index (κ3) is 4.26. The van der Waals surface area contributed by atoms with Crippen molar-refractivity contribution in [1.29, 1.82) is 0 Å². The molecule has 0 saturated carbocycles. The average molecular weight is 406 g/mol. The molecule has 3 aromatic carbocycles. The van der Waals surface area contributed by atoms with Crippen molar-refractivity contribution >= 4 is 31.5 Å². The van der Waals surface area contributed by atoms with Gasteiger partial charge in [-0.05, 0) is 69.0 Å². The summed E-state index contributed by atoms with van der Waals surface area (Å²) in [4.78, 5) is 15.2. The lowest BCUT2D eigenvalue weighted by Crippen LogP contribution is -2.19. The van der Waals surface area contributed by atoms with Crippen LogP contribution in [0.5, 0.6) is 17.2 Å². The molecule has 4 nitrogen and oxygen atoms in total. The van der Waals surface area contributed by atoms with Gasteiger partial charge in [0.1, 0.15) is 23.9 Å². The van der Waals surface area contributed by atoms with Gasteiger partial charge < -0.3 is 14.4 Å². The third-order valence-electron chi connectivity index (χ3n) is 4.63. The van der Waals surface area contributed by atoms with Crippen LogP contribution in [0.25, 0.3) is 20.2 Å². The Morgan fingerprint density at radius 3 is 2.48 bits per heavy atom. The molecule has 0 N–H and O–H groups in total. The van der Waals surface area contributed by atoms with E-state index in [1.54, 1.807) is 11.3 Å². The minimum absolute atomic E-state index is 0.0289. The van der Waals surface area contributed by atoms with Crippen LogP contribution in [0.4, 0.5) is 0 Å². The fourth-order valence-electron chi connectivity index (χ4n) is 3.18. The monoisotopic (exact) mass is 405 g/mol. The van der Waals surface area contributed by atoms with Gasteiger partial charge in [0.15, 0.2) is 5.43 Å². The van der Waals surface area contributed by atoms with Crippen molar-refractivity contribution in [2.75, 3.05) is 27.2 Å². The van der Waals surface area contributed by atoms with E-state index in [9.17, 15) is 4.79 Å². The quantitative estimate of drug-likeness (QED) is 0.400. The molecule has 1 heterocycles. The summed E-state index contributed by atoms with van der Waals surface area (Å²) in [6.07, 6.45) is 0. The van der Waals surface area contributed by atoms with Gasteiger partial charge in [-0.25, -0.2) is 0 Å². The molecule has 0 aliphatic rings. The maximum Gasteiger partial charge on any atom is 0.196 e. The van der Waals surface area contributed by atoms with Gasteiger partial charge in [0.05, 0.1) is 4.70 Å². The second-order valence-electron chi connectivity index (χ2n) is 7.30. The number of hydrogen-bond acceptors (Lipinski definition) is 5. The summed E-state index contributed by atoms with van der Waals surface area (Å²) in [6.45, 7) is 3.37. The van der Waals surface area contributed by atoms with Crippen LogP contribution in [0.3, 0.4) is 0 Å². The van der Waals surface area contributed by atoms with Crippen molar-refractivity contribution < 1.29 is 9.47 Å². The first-order chi connectivity index (χ1) is 14.0. The molecule has 0 amide bonds. The summed E-state index contributed by atoms with van der Waals surface area (Å²) < 4.78 is 13.8. The minimum atomic E-state index is 0.0289. The second kappa shape index (κ2) is 8.23. The van der Waals surface area contributed by atoms with E-state index >= 15 is 0 Å². The standard InChI is InChI=1S/C24H23NO3S/c1-16-13-20-23(26)19-10-9-18(28-17-7-5-4-6-8-17)15-22(19)29-24(20)21(14-16)27-12-11-25(2)3/h4-10,13-15H,11-12H2,1-3H3. The average Bonchev–Trinajstić information content (AvgIpc) is 2.69. The Morgan fingerprint density at radius 2 is 1.72 bits per heavy atom. The first-order valence-electron chi connectivity index (χ1n) is 9.53. The largest absolute Gasteiger partial charge is 0.491 e. The zero-order valence-corrected chi connectivity index (χ0v) is 17.6. The van der Waals surface area contributed by atoms with Crippen molar-refractivity contribution in [1.82, 2.24) is 4.90 Å². The van der Waals surface area contributed by atoms with E-state index in [-0.39, 0.29) is 5.43 Å². The molecule has 0 aliphatic heterocycles. The van der Waals surface area contributed by atoms with Gasteiger partial charge in [-0.2, -0.15) is 0 Å². The number of benzene rings is 3. The molecule has 0 atom stereocenters. The van der Waals surface area contributed by atoms with Gasteiger partial charge >= 0.3 is 0 Å². The van der Waals surface area contributed by atoms with Crippen molar-refractivity contribution in [2.45, 2.75) is 6.92 Å². The predicted octanol–water partition coefficient (Wildman–Crippen LogP) is 5.46. The first kappa shape index (κ1) is 19.4. The number of hydrogen-bond donors (Lipinski definition) is 0. The summed E-state index contributed by atoms with van der Waals surface area (Å²) in [5.74, 6) is 2.24. The number of ether oxygens (including phenoxy) is 2. The number of para-hydroxylation sites is 1. The van der Waals surface area contributed by atoms with Crippen LogP contribution < -0.4 is 14.9 Å². The predicted molar refractivity (Wildman–Crippen MR) is 121 cm³/mol. The summed E-state index contributed by atoms with van der Waals surface area (Å²) >= 11 is 1.57. The van der Waals surface area contributed by atoms with Crippen molar-refractivity contribution in [3.63, 3.8) is 0 Å². The van der Waals surface area contributed by atoms with Gasteiger partial charge in [0, 0.05) is 22.0 Å². The molecule has 0 fully saturated rings. The van der Waals surface area contributed by atoms with E-state index < -0.39 is 0 Å². The number of fused-ring (bicyclic) bond motifs is 2. The van der Waals surface area contributed by atoms with Crippen LogP contribution in [0.2, 0.25) is 0 Å². The highest BCUT2D eigenvalue weighted by atomic mass is 32.1. The number of rotatable bonds is 6. The molecular formula is C24H23NO3S. The lowest BCUT2D eigenvalue weighted by Gasteiger charge is -2.14. The van der Waals surface area contributed by atoms with Gasteiger partial charge in [-0.1, -0.05) is 18.2 Å². The smallest absolute Gasteiger partial charge is 0.196 e. The van der Waals surface area contributed by atoms with Gasteiger partial charge in [0.25, 0.3) is 0 Å². The Labute approximate surface area is 173 Å². The molecule has 29 heavy (non-hydrogen) atoms. The van der Waals surface area contributed by atoms with E-state index in [1.165, 1.54) is 0 Å². The molecule has 4 aromatic rings. The Morgan fingerprint density at radius 1 is 0.931 bits per heavy atom. The summed E-state index contributed by atoms with van der Waals surface area (Å²) in [5.41, 5.74) is 1.05. The Balaban J connectivity index is 1.79. The topological polar surface area (TPSA) is 38.8 Å². The highest BCUT2D eigenvalue weighted by molar-refractivity contribution is 7.24. The highest BCUT2D eigenvalue weighted by Crippen LogP contribution is 2.35. The fourth-order valence-corrected chi connectivity index (χ4v) is 4.32.